The van der Waals surface area contributed by atoms with E-state index in [1.165, 1.54) is 21.6 Å². The molecule has 0 fully saturated rings. The van der Waals surface area contributed by atoms with Crippen LogP contribution in [-0.2, 0) is 32.9 Å². The summed E-state index contributed by atoms with van der Waals surface area (Å²) >= 11 is -0.291. The molecule has 2 nitrogen and oxygen atoms in total. The number of hydrogen-bond donors (Lipinski definition) is 0. The Morgan fingerprint density at radius 3 is 2.33 bits per heavy atom. The number of rotatable bonds is 6. The van der Waals surface area contributed by atoms with E-state index in [9.17, 15) is 4.39 Å². The largest absolute Gasteiger partial charge is 0.305 e. The first kappa shape index (κ1) is 36.1. The zero-order valence-corrected chi connectivity index (χ0v) is 33.4. The fourth-order valence-electron chi connectivity index (χ4n) is 5.71. The molecule has 0 bridgehead atoms. The van der Waals surface area contributed by atoms with E-state index in [2.05, 4.69) is 99.5 Å². The molecule has 46 heavy (non-hydrogen) atoms. The van der Waals surface area contributed by atoms with Crippen molar-refractivity contribution in [2.45, 2.75) is 64.7 Å². The number of nitrogens with zero attached hydrogens (tertiary/aromatic N) is 2. The van der Waals surface area contributed by atoms with Gasteiger partial charge in [-0.25, -0.2) is 4.39 Å². The van der Waals surface area contributed by atoms with Crippen molar-refractivity contribution in [3.8, 4) is 22.5 Å². The average molecular weight is 868 g/mol. The van der Waals surface area contributed by atoms with E-state index in [1.807, 2.05) is 42.6 Å². The van der Waals surface area contributed by atoms with Crippen molar-refractivity contribution in [1.82, 2.24) is 9.97 Å². The smallest absolute Gasteiger partial charge is 0.124 e. The van der Waals surface area contributed by atoms with E-state index in [0.29, 0.717) is 11.3 Å². The average Bonchev–Trinajstić information content (AvgIpc) is 3.34. The van der Waals surface area contributed by atoms with E-state index in [0.717, 1.165) is 55.5 Å². The van der Waals surface area contributed by atoms with Gasteiger partial charge in [0.1, 0.15) is 5.82 Å². The third-order valence-electron chi connectivity index (χ3n) is 7.62. The van der Waals surface area contributed by atoms with E-state index < -0.39 is 13.3 Å². The first-order valence-electron chi connectivity index (χ1n) is 15.7. The Hall–Kier alpha value is -2.70. The predicted molar refractivity (Wildman–Crippen MR) is 195 cm³/mol. The number of thiophene rings is 1. The van der Waals surface area contributed by atoms with Crippen LogP contribution >= 0.6 is 11.3 Å². The third-order valence-corrected chi connectivity index (χ3v) is 13.1. The number of aromatic nitrogens is 2. The minimum Gasteiger partial charge on any atom is -0.305 e. The summed E-state index contributed by atoms with van der Waals surface area (Å²) in [5, 5.41) is 2.23. The van der Waals surface area contributed by atoms with Crippen LogP contribution in [0.15, 0.2) is 85.2 Å². The van der Waals surface area contributed by atoms with Gasteiger partial charge in [0.25, 0.3) is 0 Å². The van der Waals surface area contributed by atoms with Gasteiger partial charge in [-0.1, -0.05) is 36.9 Å². The van der Waals surface area contributed by atoms with Gasteiger partial charge in [-0.05, 0) is 46.3 Å². The molecule has 0 N–H and O–H groups in total. The molecule has 6 rings (SSSR count). The summed E-state index contributed by atoms with van der Waals surface area (Å²) in [4.78, 5) is 9.28. The van der Waals surface area contributed by atoms with E-state index >= 15 is 0 Å². The number of halogens is 1. The molecular weight excluding hydrogens is 824 g/mol. The molecule has 6 heteroatoms. The van der Waals surface area contributed by atoms with Gasteiger partial charge in [-0.15, -0.1) is 23.8 Å². The second-order valence-corrected chi connectivity index (χ2v) is 26.1. The molecule has 0 unspecified atom stereocenters. The second kappa shape index (κ2) is 15.0. The van der Waals surface area contributed by atoms with E-state index in [-0.39, 0.29) is 25.9 Å². The van der Waals surface area contributed by atoms with Gasteiger partial charge >= 0.3 is 132 Å². The summed E-state index contributed by atoms with van der Waals surface area (Å²) in [6, 6.07) is 30.2. The molecule has 0 atom stereocenters. The molecule has 3 aromatic carbocycles. The topological polar surface area (TPSA) is 25.8 Å². The molecule has 0 amide bonds. The quantitative estimate of drug-likeness (QED) is 0.123. The number of hydrogen-bond acceptors (Lipinski definition) is 3. The molecule has 0 aliphatic heterocycles. The number of pyridine rings is 2. The van der Waals surface area contributed by atoms with Crippen LogP contribution in [0.25, 0.3) is 42.7 Å². The van der Waals surface area contributed by atoms with Crippen molar-refractivity contribution in [1.29, 1.82) is 0 Å². The van der Waals surface area contributed by atoms with Crippen molar-refractivity contribution in [2.75, 3.05) is 0 Å². The SMILES string of the molecule is CC(C)(C)Cc1cc(-c2[c-]cccc2)nc[c]1[Ge]([CH3])([CH3])[CH3].CC(C)Cc1ccnc(-c2[c-]ccc3c2sc2cc(F)ccc23)c1.[Ir]. The predicted octanol–water partition coefficient (Wildman–Crippen LogP) is 10.9. The summed E-state index contributed by atoms with van der Waals surface area (Å²) in [7, 11) is 0. The van der Waals surface area contributed by atoms with Gasteiger partial charge in [0, 0.05) is 31.0 Å². The molecular formula is C40H43FGeIrN2S-2. The maximum Gasteiger partial charge on any atom is 0.124 e. The third kappa shape index (κ3) is 9.01. The fourth-order valence-corrected chi connectivity index (χ4v) is 10.2. The van der Waals surface area contributed by atoms with Crippen LogP contribution in [0.4, 0.5) is 4.39 Å². The van der Waals surface area contributed by atoms with Gasteiger partial charge in [0.15, 0.2) is 0 Å². The Morgan fingerprint density at radius 2 is 1.65 bits per heavy atom. The van der Waals surface area contributed by atoms with Crippen molar-refractivity contribution >= 4 is 49.2 Å². The van der Waals surface area contributed by atoms with Crippen molar-refractivity contribution in [3.63, 3.8) is 0 Å². The van der Waals surface area contributed by atoms with E-state index in [4.69, 9.17) is 4.98 Å². The molecule has 0 saturated heterocycles. The Balaban J connectivity index is 0.000000207. The molecule has 3 aromatic heterocycles. The molecule has 0 spiro atoms. The van der Waals surface area contributed by atoms with Crippen LogP contribution in [0, 0.1) is 29.3 Å². The summed E-state index contributed by atoms with van der Waals surface area (Å²) in [6.07, 6.45) is 6.14. The van der Waals surface area contributed by atoms with E-state index in [1.54, 1.807) is 17.4 Å². The summed E-state index contributed by atoms with van der Waals surface area (Å²) in [6.45, 7) is 11.4. The van der Waals surface area contributed by atoms with Gasteiger partial charge in [0.05, 0.1) is 0 Å². The zero-order chi connectivity index (χ0) is 32.4. The standard InChI is InChI=1S/C21H17FNS.C19H26GeN.Ir/c1-13(2)10-14-8-9-23-19(11-14)18-5-3-4-17-16-7-6-15(22)12-20(16)24-21(17)18;1-19(2,3)13-16-12-18(15-10-8-7-9-11-15)21-14-17(16)20(4,5)6;/h3-4,6-9,11-13H,10H2,1-2H3;7-10,12,14H,13H2,1-6H3;/q2*-1;. The van der Waals surface area contributed by atoms with Crippen molar-refractivity contribution < 1.29 is 24.5 Å². The first-order chi connectivity index (χ1) is 21.3. The molecule has 0 saturated carbocycles. The Bertz CT molecular complexity index is 1920. The molecule has 1 radical (unpaired) electrons. The maximum absolute atomic E-state index is 13.5. The second-order valence-electron chi connectivity index (χ2n) is 14.5. The van der Waals surface area contributed by atoms with Crippen molar-refractivity contribution in [3.05, 3.63) is 114 Å². The molecule has 6 aromatic rings. The molecule has 0 aliphatic carbocycles. The molecule has 241 valence electrons. The fraction of sp³-hybridized carbons (Fsp3) is 0.300. The van der Waals surface area contributed by atoms with Gasteiger partial charge in [0.2, 0.25) is 0 Å². The van der Waals surface area contributed by atoms with Gasteiger partial charge < -0.3 is 4.98 Å². The Kier molecular flexibility index (Phi) is 11.8. The summed E-state index contributed by atoms with van der Waals surface area (Å²) < 4.78 is 17.2. The zero-order valence-electron chi connectivity index (χ0n) is 28.1. The van der Waals surface area contributed by atoms with Crippen molar-refractivity contribution in [2.24, 2.45) is 11.3 Å². The monoisotopic (exact) mass is 869 g/mol. The van der Waals surface area contributed by atoms with Crippen LogP contribution in [0.3, 0.4) is 0 Å². The van der Waals surface area contributed by atoms with Crippen LogP contribution in [-0.4, -0.2) is 23.2 Å². The van der Waals surface area contributed by atoms with Gasteiger partial charge in [-0.2, -0.15) is 11.3 Å². The van der Waals surface area contributed by atoms with Crippen LogP contribution in [0.2, 0.25) is 17.3 Å². The number of benzene rings is 3. The molecule has 3 heterocycles. The first-order valence-corrected chi connectivity index (χ1v) is 23.9. The van der Waals surface area contributed by atoms with Crippen LogP contribution in [0.5, 0.6) is 0 Å². The summed E-state index contributed by atoms with van der Waals surface area (Å²) in [5.41, 5.74) is 7.13. The summed E-state index contributed by atoms with van der Waals surface area (Å²) in [5.74, 6) is 7.73. The maximum atomic E-state index is 13.5. The minimum absolute atomic E-state index is 0. The molecule has 0 aliphatic rings. The normalized spacial score (nSPS) is 11.8. The van der Waals surface area contributed by atoms with Crippen LogP contribution < -0.4 is 4.40 Å². The Labute approximate surface area is 294 Å². The van der Waals surface area contributed by atoms with Gasteiger partial charge in [-0.3, -0.25) is 0 Å². The number of fused-ring (bicyclic) bond motifs is 3. The Morgan fingerprint density at radius 1 is 0.870 bits per heavy atom. The minimum atomic E-state index is -1.90. The van der Waals surface area contributed by atoms with Crippen LogP contribution in [0.1, 0.15) is 45.7 Å².